The Morgan fingerprint density at radius 3 is 2.65 bits per heavy atom. The molecule has 1 saturated heterocycles. The highest BCUT2D eigenvalue weighted by Gasteiger charge is 2.48. The molecule has 0 saturated carbocycles. The fourth-order valence-corrected chi connectivity index (χ4v) is 4.56. The maximum absolute atomic E-state index is 13.3. The molecule has 4 rings (SSSR count). The summed E-state index contributed by atoms with van der Waals surface area (Å²) in [6.45, 7) is 3.46. The predicted molar refractivity (Wildman–Crippen MR) is 128 cm³/mol. The number of unbranched alkanes of at least 4 members (excludes halogenated alkanes) is 3. The number of halogens is 1. The molecule has 1 aromatic heterocycles. The van der Waals surface area contributed by atoms with Gasteiger partial charge in [0.1, 0.15) is 23.9 Å². The van der Waals surface area contributed by atoms with Gasteiger partial charge in [-0.15, -0.1) is 0 Å². The summed E-state index contributed by atoms with van der Waals surface area (Å²) in [4.78, 5) is 40.0. The maximum Gasteiger partial charge on any atom is 0.325 e. The Kier molecular flexibility index (Phi) is 7.07. The average Bonchev–Trinajstić information content (AvgIpc) is 3.54. The molecule has 1 aromatic carbocycles. The second kappa shape index (κ2) is 10.0. The van der Waals surface area contributed by atoms with E-state index in [4.69, 9.17) is 16.0 Å². The standard InChI is InChI=1S/C25H29ClN4O4/c1-3-4-5-6-13-25(2)23(32)29(24(33)27-25)16-22(31)30-20(21-8-7-14-34-21)15-19(28-30)17-9-11-18(26)12-10-17/h7-12,14,20H,3-6,13,15-16H2,1-2H3,(H,27,33)/t20-,25+/m1/s1. The van der Waals surface area contributed by atoms with E-state index >= 15 is 0 Å². The van der Waals surface area contributed by atoms with Gasteiger partial charge in [0.2, 0.25) is 0 Å². The zero-order valence-corrected chi connectivity index (χ0v) is 20.2. The number of hydrazone groups is 1. The van der Waals surface area contributed by atoms with Gasteiger partial charge in [-0.25, -0.2) is 9.80 Å². The van der Waals surface area contributed by atoms with Crippen molar-refractivity contribution in [2.45, 2.75) is 64.0 Å². The molecular weight excluding hydrogens is 456 g/mol. The third-order valence-electron chi connectivity index (χ3n) is 6.38. The van der Waals surface area contributed by atoms with Crippen LogP contribution in [0.15, 0.2) is 52.2 Å². The van der Waals surface area contributed by atoms with Crippen LogP contribution in [-0.2, 0) is 9.59 Å². The molecule has 34 heavy (non-hydrogen) atoms. The molecule has 0 spiro atoms. The molecule has 8 nitrogen and oxygen atoms in total. The summed E-state index contributed by atoms with van der Waals surface area (Å²) in [5, 5.41) is 9.26. The van der Waals surface area contributed by atoms with Crippen LogP contribution in [0.4, 0.5) is 4.79 Å². The van der Waals surface area contributed by atoms with Gasteiger partial charge in [0.05, 0.1) is 12.0 Å². The first kappa shape index (κ1) is 24.0. The Labute approximate surface area is 203 Å². The minimum atomic E-state index is -0.992. The van der Waals surface area contributed by atoms with Crippen molar-refractivity contribution in [1.29, 1.82) is 0 Å². The minimum Gasteiger partial charge on any atom is -0.467 e. The van der Waals surface area contributed by atoms with E-state index in [1.54, 1.807) is 37.5 Å². The molecule has 2 aliphatic rings. The minimum absolute atomic E-state index is 0.377. The molecule has 9 heteroatoms. The summed E-state index contributed by atoms with van der Waals surface area (Å²) in [6.07, 6.45) is 6.52. The Hall–Kier alpha value is -3.13. The number of nitrogens with zero attached hydrogens (tertiary/aromatic N) is 3. The number of carbonyl (C=O) groups is 3. The smallest absolute Gasteiger partial charge is 0.325 e. The quantitative estimate of drug-likeness (QED) is 0.405. The van der Waals surface area contributed by atoms with Gasteiger partial charge in [-0.2, -0.15) is 5.10 Å². The van der Waals surface area contributed by atoms with Crippen molar-refractivity contribution in [3.63, 3.8) is 0 Å². The van der Waals surface area contributed by atoms with Crippen LogP contribution < -0.4 is 5.32 Å². The van der Waals surface area contributed by atoms with E-state index in [2.05, 4.69) is 17.3 Å². The Morgan fingerprint density at radius 1 is 1.21 bits per heavy atom. The number of hydrogen-bond acceptors (Lipinski definition) is 5. The van der Waals surface area contributed by atoms with Gasteiger partial charge in [-0.1, -0.05) is 56.3 Å². The molecule has 0 bridgehead atoms. The molecule has 1 N–H and O–H groups in total. The molecule has 3 heterocycles. The lowest BCUT2D eigenvalue weighted by atomic mass is 9.94. The van der Waals surface area contributed by atoms with Gasteiger partial charge in [0, 0.05) is 11.4 Å². The Bertz CT molecular complexity index is 1080. The third kappa shape index (κ3) is 4.87. The Morgan fingerprint density at radius 2 is 1.97 bits per heavy atom. The van der Waals surface area contributed by atoms with E-state index in [-0.39, 0.29) is 12.5 Å². The van der Waals surface area contributed by atoms with Crippen LogP contribution in [0.5, 0.6) is 0 Å². The molecule has 4 amide bonds. The van der Waals surface area contributed by atoms with Crippen LogP contribution >= 0.6 is 11.6 Å². The summed E-state index contributed by atoms with van der Waals surface area (Å²) in [5.41, 5.74) is 0.545. The van der Waals surface area contributed by atoms with E-state index in [0.29, 0.717) is 29.3 Å². The molecule has 1 fully saturated rings. The van der Waals surface area contributed by atoms with Crippen molar-refractivity contribution >= 4 is 35.2 Å². The third-order valence-corrected chi connectivity index (χ3v) is 6.64. The monoisotopic (exact) mass is 484 g/mol. The summed E-state index contributed by atoms with van der Waals surface area (Å²) < 4.78 is 5.56. The average molecular weight is 485 g/mol. The van der Waals surface area contributed by atoms with Crippen LogP contribution in [-0.4, -0.2) is 45.5 Å². The summed E-state index contributed by atoms with van der Waals surface area (Å²) >= 11 is 6.01. The first-order valence-corrected chi connectivity index (χ1v) is 12.0. The second-order valence-corrected chi connectivity index (χ2v) is 9.43. The second-order valence-electron chi connectivity index (χ2n) is 8.99. The normalized spacial score (nSPS) is 22.3. The molecule has 2 atom stereocenters. The van der Waals surface area contributed by atoms with Gasteiger partial charge in [0.15, 0.2) is 0 Å². The highest BCUT2D eigenvalue weighted by molar-refractivity contribution is 6.30. The number of imide groups is 1. The molecule has 180 valence electrons. The van der Waals surface area contributed by atoms with Crippen LogP contribution in [0.25, 0.3) is 0 Å². The zero-order valence-electron chi connectivity index (χ0n) is 19.4. The largest absolute Gasteiger partial charge is 0.467 e. The van der Waals surface area contributed by atoms with Crippen LogP contribution in [0.3, 0.4) is 0 Å². The number of carbonyl (C=O) groups excluding carboxylic acids is 3. The van der Waals surface area contributed by atoms with Gasteiger partial charge in [0.25, 0.3) is 11.8 Å². The predicted octanol–water partition coefficient (Wildman–Crippen LogP) is 4.89. The first-order valence-electron chi connectivity index (χ1n) is 11.7. The van der Waals surface area contributed by atoms with Crippen molar-refractivity contribution in [2.24, 2.45) is 5.10 Å². The van der Waals surface area contributed by atoms with E-state index in [9.17, 15) is 14.4 Å². The van der Waals surface area contributed by atoms with Gasteiger partial charge < -0.3 is 9.73 Å². The van der Waals surface area contributed by atoms with E-state index < -0.39 is 23.5 Å². The Balaban J connectivity index is 1.51. The molecule has 0 unspecified atom stereocenters. The maximum atomic E-state index is 13.3. The number of furan rings is 1. The number of rotatable bonds is 9. The van der Waals surface area contributed by atoms with E-state index in [0.717, 1.165) is 36.1 Å². The zero-order chi connectivity index (χ0) is 24.3. The van der Waals surface area contributed by atoms with Crippen molar-refractivity contribution in [1.82, 2.24) is 15.2 Å². The molecule has 2 aliphatic heterocycles. The van der Waals surface area contributed by atoms with Crippen LogP contribution in [0, 0.1) is 0 Å². The van der Waals surface area contributed by atoms with E-state index in [1.807, 2.05) is 12.1 Å². The van der Waals surface area contributed by atoms with Crippen molar-refractivity contribution in [3.05, 3.63) is 59.0 Å². The lowest BCUT2D eigenvalue weighted by Gasteiger charge is -2.23. The van der Waals surface area contributed by atoms with Crippen LogP contribution in [0.1, 0.15) is 69.7 Å². The lowest BCUT2D eigenvalue weighted by molar-refractivity contribution is -0.140. The molecule has 0 radical (unpaired) electrons. The first-order chi connectivity index (χ1) is 16.3. The lowest BCUT2D eigenvalue weighted by Crippen LogP contribution is -2.45. The summed E-state index contributed by atoms with van der Waals surface area (Å²) in [6, 6.07) is 9.74. The number of hydrogen-bond donors (Lipinski definition) is 1. The summed E-state index contributed by atoms with van der Waals surface area (Å²) in [7, 11) is 0. The topological polar surface area (TPSA) is 95.2 Å². The van der Waals surface area contributed by atoms with Crippen molar-refractivity contribution in [3.8, 4) is 0 Å². The van der Waals surface area contributed by atoms with E-state index in [1.165, 1.54) is 5.01 Å². The van der Waals surface area contributed by atoms with Crippen molar-refractivity contribution < 1.29 is 18.8 Å². The molecular formula is C25H29ClN4O4. The fourth-order valence-electron chi connectivity index (χ4n) is 4.43. The fraction of sp³-hybridized carbons (Fsp3) is 0.440. The molecule has 2 aromatic rings. The van der Waals surface area contributed by atoms with Gasteiger partial charge in [-0.05, 0) is 43.2 Å². The number of urea groups is 1. The highest BCUT2D eigenvalue weighted by Crippen LogP contribution is 2.34. The summed E-state index contributed by atoms with van der Waals surface area (Å²) in [5.74, 6) is -0.249. The van der Waals surface area contributed by atoms with Gasteiger partial charge in [-0.3, -0.25) is 14.5 Å². The number of nitrogens with one attached hydrogen (secondary N) is 1. The molecule has 0 aliphatic carbocycles. The number of amides is 4. The number of benzene rings is 1. The van der Waals surface area contributed by atoms with Crippen LogP contribution in [0.2, 0.25) is 5.02 Å². The SMILES string of the molecule is CCCCCC[C@]1(C)NC(=O)N(CC(=O)N2N=C(c3ccc(Cl)cc3)C[C@@H]2c2ccco2)C1=O. The van der Waals surface area contributed by atoms with Gasteiger partial charge >= 0.3 is 6.03 Å². The highest BCUT2D eigenvalue weighted by atomic mass is 35.5. The van der Waals surface area contributed by atoms with Crippen molar-refractivity contribution in [2.75, 3.05) is 6.54 Å².